The van der Waals surface area contributed by atoms with Crippen LogP contribution in [0.4, 0.5) is 5.69 Å². The minimum Gasteiger partial charge on any atom is -0.397 e. The maximum absolute atomic E-state index is 11.7. The molecule has 0 saturated carbocycles. The molecule has 0 spiro atoms. The van der Waals surface area contributed by atoms with E-state index in [4.69, 9.17) is 5.73 Å². The molecule has 2 aromatic rings. The van der Waals surface area contributed by atoms with Gasteiger partial charge in [0.05, 0.1) is 5.69 Å². The maximum atomic E-state index is 11.7. The number of carbonyl (C=O) groups is 1. The van der Waals surface area contributed by atoms with Crippen molar-refractivity contribution in [3.05, 3.63) is 46.4 Å². The second-order valence-electron chi connectivity index (χ2n) is 3.26. The van der Waals surface area contributed by atoms with E-state index in [2.05, 4.69) is 10.3 Å². The van der Waals surface area contributed by atoms with Crippen molar-refractivity contribution in [1.29, 1.82) is 0 Å². The number of carbonyl (C=O) groups excluding carboxylic acids is 1. The highest BCUT2D eigenvalue weighted by Gasteiger charge is 2.09. The maximum Gasteiger partial charge on any atom is 0.272 e. The average molecular weight is 233 g/mol. The van der Waals surface area contributed by atoms with Gasteiger partial charge in [-0.3, -0.25) is 4.79 Å². The molecule has 0 aliphatic carbocycles. The summed E-state index contributed by atoms with van der Waals surface area (Å²) < 4.78 is 0. The molecule has 2 rings (SSSR count). The van der Waals surface area contributed by atoms with Gasteiger partial charge in [0.1, 0.15) is 0 Å². The number of nitrogen functional groups attached to an aromatic ring is 1. The molecule has 2 heterocycles. The summed E-state index contributed by atoms with van der Waals surface area (Å²) in [6.07, 6.45) is 1.55. The van der Waals surface area contributed by atoms with Crippen LogP contribution in [0.15, 0.2) is 35.2 Å². The summed E-state index contributed by atoms with van der Waals surface area (Å²) >= 11 is 1.60. The number of hydrogen-bond donors (Lipinski definition) is 2. The topological polar surface area (TPSA) is 68.0 Å². The second-order valence-corrected chi connectivity index (χ2v) is 4.04. The quantitative estimate of drug-likeness (QED) is 0.847. The van der Waals surface area contributed by atoms with Gasteiger partial charge < -0.3 is 11.1 Å². The first-order valence-electron chi connectivity index (χ1n) is 4.77. The fourth-order valence-corrected chi connectivity index (χ4v) is 1.94. The lowest BCUT2D eigenvalue weighted by Crippen LogP contribution is -2.24. The molecule has 16 heavy (non-hydrogen) atoms. The van der Waals surface area contributed by atoms with Gasteiger partial charge in [-0.25, -0.2) is 4.98 Å². The van der Waals surface area contributed by atoms with E-state index in [-0.39, 0.29) is 11.6 Å². The number of aromatic nitrogens is 1. The fourth-order valence-electron chi connectivity index (χ4n) is 1.27. The lowest BCUT2D eigenvalue weighted by atomic mass is 10.2. The first-order valence-corrected chi connectivity index (χ1v) is 5.71. The number of rotatable bonds is 3. The largest absolute Gasteiger partial charge is 0.397 e. The SMILES string of the molecule is Nc1cccnc1C(=O)NCc1ccsc1. The summed E-state index contributed by atoms with van der Waals surface area (Å²) in [5.74, 6) is -0.246. The van der Waals surface area contributed by atoms with Crippen molar-refractivity contribution in [3.63, 3.8) is 0 Å². The molecular formula is C11H11N3OS. The van der Waals surface area contributed by atoms with E-state index in [0.717, 1.165) is 5.56 Å². The first-order chi connectivity index (χ1) is 7.77. The summed E-state index contributed by atoms with van der Waals surface area (Å²) in [6.45, 7) is 0.498. The van der Waals surface area contributed by atoms with Crippen molar-refractivity contribution in [3.8, 4) is 0 Å². The molecule has 0 fully saturated rings. The van der Waals surface area contributed by atoms with Crippen LogP contribution in [0, 0.1) is 0 Å². The Morgan fingerprint density at radius 1 is 1.50 bits per heavy atom. The third kappa shape index (κ3) is 2.38. The first kappa shape index (κ1) is 10.6. The number of pyridine rings is 1. The fraction of sp³-hybridized carbons (Fsp3) is 0.0909. The molecule has 5 heteroatoms. The molecule has 82 valence electrons. The number of thiophene rings is 1. The molecular weight excluding hydrogens is 222 g/mol. The van der Waals surface area contributed by atoms with E-state index in [1.54, 1.807) is 29.7 Å². The molecule has 0 aliphatic heterocycles. The van der Waals surface area contributed by atoms with Crippen molar-refractivity contribution in [2.24, 2.45) is 0 Å². The summed E-state index contributed by atoms with van der Waals surface area (Å²) in [4.78, 5) is 15.7. The van der Waals surface area contributed by atoms with Crippen LogP contribution in [-0.4, -0.2) is 10.9 Å². The lowest BCUT2D eigenvalue weighted by molar-refractivity contribution is 0.0947. The zero-order valence-electron chi connectivity index (χ0n) is 8.51. The minimum atomic E-state index is -0.246. The summed E-state index contributed by atoms with van der Waals surface area (Å²) in [5.41, 5.74) is 7.40. The van der Waals surface area contributed by atoms with E-state index >= 15 is 0 Å². The third-order valence-electron chi connectivity index (χ3n) is 2.09. The van der Waals surface area contributed by atoms with E-state index in [1.807, 2.05) is 16.8 Å². The van der Waals surface area contributed by atoms with Gasteiger partial charge in [-0.05, 0) is 34.5 Å². The van der Waals surface area contributed by atoms with Gasteiger partial charge in [-0.1, -0.05) is 0 Å². The average Bonchev–Trinajstić information content (AvgIpc) is 2.79. The zero-order valence-corrected chi connectivity index (χ0v) is 9.33. The Balaban J connectivity index is 2.01. The highest BCUT2D eigenvalue weighted by Crippen LogP contribution is 2.08. The van der Waals surface area contributed by atoms with Crippen molar-refractivity contribution in [2.45, 2.75) is 6.54 Å². The minimum absolute atomic E-state index is 0.246. The van der Waals surface area contributed by atoms with Crippen LogP contribution in [0.2, 0.25) is 0 Å². The van der Waals surface area contributed by atoms with E-state index in [9.17, 15) is 4.79 Å². The molecule has 3 N–H and O–H groups in total. The van der Waals surface area contributed by atoms with Gasteiger partial charge in [0.2, 0.25) is 0 Å². The van der Waals surface area contributed by atoms with Gasteiger partial charge in [0.15, 0.2) is 5.69 Å². The molecule has 0 radical (unpaired) electrons. The standard InChI is InChI=1S/C11H11N3OS/c12-9-2-1-4-13-10(9)11(15)14-6-8-3-5-16-7-8/h1-5,7H,6,12H2,(H,14,15). The predicted octanol–water partition coefficient (Wildman–Crippen LogP) is 1.66. The number of nitrogens with zero attached hydrogens (tertiary/aromatic N) is 1. The highest BCUT2D eigenvalue weighted by molar-refractivity contribution is 7.07. The Bertz CT molecular complexity index is 482. The van der Waals surface area contributed by atoms with Gasteiger partial charge in [-0.2, -0.15) is 11.3 Å². The molecule has 0 bridgehead atoms. The Hall–Kier alpha value is -1.88. The van der Waals surface area contributed by atoms with Crippen LogP contribution < -0.4 is 11.1 Å². The van der Waals surface area contributed by atoms with Crippen molar-refractivity contribution >= 4 is 22.9 Å². The van der Waals surface area contributed by atoms with E-state index < -0.39 is 0 Å². The number of nitrogens with two attached hydrogens (primary N) is 1. The monoisotopic (exact) mass is 233 g/mol. The molecule has 0 atom stereocenters. The van der Waals surface area contributed by atoms with Crippen molar-refractivity contribution < 1.29 is 4.79 Å². The Kier molecular flexibility index (Phi) is 3.16. The normalized spacial score (nSPS) is 10.0. The number of anilines is 1. The van der Waals surface area contributed by atoms with Gasteiger partial charge in [-0.15, -0.1) is 0 Å². The summed E-state index contributed by atoms with van der Waals surface area (Å²) in [7, 11) is 0. The van der Waals surface area contributed by atoms with Gasteiger partial charge in [0, 0.05) is 12.7 Å². The molecule has 4 nitrogen and oxygen atoms in total. The molecule has 1 amide bonds. The summed E-state index contributed by atoms with van der Waals surface area (Å²) in [6, 6.07) is 5.32. The summed E-state index contributed by atoms with van der Waals surface area (Å²) in [5, 5.41) is 6.72. The van der Waals surface area contributed by atoms with Crippen molar-refractivity contribution in [2.75, 3.05) is 5.73 Å². The predicted molar refractivity (Wildman–Crippen MR) is 64.1 cm³/mol. The number of hydrogen-bond acceptors (Lipinski definition) is 4. The van der Waals surface area contributed by atoms with Crippen LogP contribution in [0.3, 0.4) is 0 Å². The molecule has 0 aliphatic rings. The molecule has 0 unspecified atom stereocenters. The van der Waals surface area contributed by atoms with Crippen LogP contribution in [0.1, 0.15) is 16.1 Å². The Morgan fingerprint density at radius 3 is 3.06 bits per heavy atom. The van der Waals surface area contributed by atoms with Gasteiger partial charge in [0.25, 0.3) is 5.91 Å². The van der Waals surface area contributed by atoms with Crippen LogP contribution in [0.5, 0.6) is 0 Å². The Labute approximate surface area is 97.1 Å². The number of nitrogens with one attached hydrogen (secondary N) is 1. The number of amides is 1. The molecule has 2 aromatic heterocycles. The smallest absolute Gasteiger partial charge is 0.272 e. The molecule has 0 saturated heterocycles. The lowest BCUT2D eigenvalue weighted by Gasteiger charge is -2.04. The molecule has 0 aromatic carbocycles. The Morgan fingerprint density at radius 2 is 2.38 bits per heavy atom. The zero-order chi connectivity index (χ0) is 11.4. The second kappa shape index (κ2) is 4.76. The van der Waals surface area contributed by atoms with E-state index in [0.29, 0.717) is 12.2 Å². The third-order valence-corrected chi connectivity index (χ3v) is 2.82. The van der Waals surface area contributed by atoms with Crippen LogP contribution in [-0.2, 0) is 6.54 Å². The van der Waals surface area contributed by atoms with Crippen molar-refractivity contribution in [1.82, 2.24) is 10.3 Å². The van der Waals surface area contributed by atoms with E-state index in [1.165, 1.54) is 0 Å². The van der Waals surface area contributed by atoms with Gasteiger partial charge >= 0.3 is 0 Å². The van der Waals surface area contributed by atoms with Crippen LogP contribution in [0.25, 0.3) is 0 Å². The van der Waals surface area contributed by atoms with Crippen LogP contribution >= 0.6 is 11.3 Å². The highest BCUT2D eigenvalue weighted by atomic mass is 32.1.